The summed E-state index contributed by atoms with van der Waals surface area (Å²) in [5, 5.41) is 8.85. The first-order valence-corrected chi connectivity index (χ1v) is 10.8. The van der Waals surface area contributed by atoms with Crippen LogP contribution >= 0.6 is 11.3 Å². The van der Waals surface area contributed by atoms with Crippen LogP contribution in [-0.4, -0.2) is 27.5 Å². The highest BCUT2D eigenvalue weighted by atomic mass is 32.1. The molecule has 3 heterocycles. The molecule has 0 aliphatic rings. The number of rotatable bonds is 8. The number of methoxy groups -OCH3 is 1. The summed E-state index contributed by atoms with van der Waals surface area (Å²) in [6.45, 7) is 9.17. The van der Waals surface area contributed by atoms with Gasteiger partial charge in [-0.1, -0.05) is 18.2 Å². The number of para-hydroxylation sites is 2. The Balaban J connectivity index is 1.60. The first kappa shape index (κ1) is 20.2. The second kappa shape index (κ2) is 8.36. The van der Waals surface area contributed by atoms with Gasteiger partial charge < -0.3 is 14.6 Å². The van der Waals surface area contributed by atoms with Crippen LogP contribution in [0.5, 0.6) is 5.75 Å². The summed E-state index contributed by atoms with van der Waals surface area (Å²) in [5.41, 5.74) is 2.67. The van der Waals surface area contributed by atoms with Gasteiger partial charge in [0.1, 0.15) is 11.3 Å². The SMILES string of the molecule is C=CCn1c2cc(C)sc2c2cnn(CC[C@H](C)Nc3ccccc3OC)c(=O)c21. The Bertz CT molecular complexity index is 1270. The molecule has 4 aromatic rings. The van der Waals surface area contributed by atoms with E-state index in [2.05, 4.69) is 41.5 Å². The lowest BCUT2D eigenvalue weighted by molar-refractivity contribution is 0.415. The molecule has 0 aliphatic carbocycles. The average molecular weight is 423 g/mol. The van der Waals surface area contributed by atoms with Crippen molar-refractivity contribution in [3.63, 3.8) is 0 Å². The average Bonchev–Trinajstić information content (AvgIpc) is 3.24. The second-order valence-electron chi connectivity index (χ2n) is 7.44. The normalized spacial score (nSPS) is 12.4. The Morgan fingerprint density at radius 1 is 1.37 bits per heavy atom. The summed E-state index contributed by atoms with van der Waals surface area (Å²) < 4.78 is 10.1. The number of aryl methyl sites for hydroxylation is 2. The fraction of sp³-hybridized carbons (Fsp3) is 0.304. The minimum absolute atomic E-state index is 0.0557. The molecule has 0 bridgehead atoms. The molecule has 6 nitrogen and oxygen atoms in total. The lowest BCUT2D eigenvalue weighted by Crippen LogP contribution is -2.27. The minimum atomic E-state index is -0.0557. The monoisotopic (exact) mass is 422 g/mol. The lowest BCUT2D eigenvalue weighted by atomic mass is 10.2. The van der Waals surface area contributed by atoms with E-state index in [1.165, 1.54) is 4.88 Å². The van der Waals surface area contributed by atoms with Gasteiger partial charge in [0, 0.05) is 29.4 Å². The first-order chi connectivity index (χ1) is 14.5. The van der Waals surface area contributed by atoms with Gasteiger partial charge in [-0.15, -0.1) is 17.9 Å². The van der Waals surface area contributed by atoms with E-state index in [1.54, 1.807) is 23.1 Å². The molecule has 1 atom stereocenters. The maximum atomic E-state index is 13.3. The van der Waals surface area contributed by atoms with Gasteiger partial charge in [0.05, 0.1) is 29.2 Å². The Kier molecular flexibility index (Phi) is 5.63. The van der Waals surface area contributed by atoms with E-state index < -0.39 is 0 Å². The fourth-order valence-electron chi connectivity index (χ4n) is 3.82. The van der Waals surface area contributed by atoms with Crippen molar-refractivity contribution >= 4 is 38.1 Å². The molecular weight excluding hydrogens is 396 g/mol. The van der Waals surface area contributed by atoms with Crippen molar-refractivity contribution < 1.29 is 4.74 Å². The molecule has 0 saturated carbocycles. The largest absolute Gasteiger partial charge is 0.495 e. The Hall–Kier alpha value is -3.06. The number of benzene rings is 1. The molecule has 156 valence electrons. The van der Waals surface area contributed by atoms with Gasteiger partial charge in [0.25, 0.3) is 5.56 Å². The number of nitrogens with one attached hydrogen (secondary N) is 1. The Labute approximate surface area is 179 Å². The van der Waals surface area contributed by atoms with Crippen LogP contribution in [0.2, 0.25) is 0 Å². The number of hydrogen-bond acceptors (Lipinski definition) is 5. The maximum Gasteiger partial charge on any atom is 0.291 e. The number of aromatic nitrogens is 3. The first-order valence-electron chi connectivity index (χ1n) is 10.0. The molecule has 0 saturated heterocycles. The van der Waals surface area contributed by atoms with E-state index in [0.29, 0.717) is 18.6 Å². The molecule has 1 aromatic carbocycles. The molecule has 0 aliphatic heterocycles. The van der Waals surface area contributed by atoms with Crippen molar-refractivity contribution in [1.82, 2.24) is 14.3 Å². The number of allylic oxidation sites excluding steroid dienone is 1. The zero-order valence-corrected chi connectivity index (χ0v) is 18.3. The lowest BCUT2D eigenvalue weighted by Gasteiger charge is -2.17. The van der Waals surface area contributed by atoms with Crippen LogP contribution in [0.25, 0.3) is 21.1 Å². The summed E-state index contributed by atoms with van der Waals surface area (Å²) in [6.07, 6.45) is 4.41. The van der Waals surface area contributed by atoms with Gasteiger partial charge in [-0.3, -0.25) is 4.79 Å². The van der Waals surface area contributed by atoms with Crippen LogP contribution < -0.4 is 15.6 Å². The molecule has 0 amide bonds. The van der Waals surface area contributed by atoms with Gasteiger partial charge in [-0.2, -0.15) is 5.10 Å². The van der Waals surface area contributed by atoms with Crippen LogP contribution in [-0.2, 0) is 13.1 Å². The smallest absolute Gasteiger partial charge is 0.291 e. The van der Waals surface area contributed by atoms with Crippen LogP contribution in [0.3, 0.4) is 0 Å². The molecule has 3 aromatic heterocycles. The molecule has 0 spiro atoms. The molecule has 0 radical (unpaired) electrons. The number of nitrogens with zero attached hydrogens (tertiary/aromatic N) is 3. The predicted octanol–water partition coefficient (Wildman–Crippen LogP) is 4.81. The molecule has 0 unspecified atom stereocenters. The summed E-state index contributed by atoms with van der Waals surface area (Å²) in [6, 6.07) is 10.1. The van der Waals surface area contributed by atoms with E-state index in [-0.39, 0.29) is 11.6 Å². The summed E-state index contributed by atoms with van der Waals surface area (Å²) in [7, 11) is 1.66. The van der Waals surface area contributed by atoms with Crippen LogP contribution in [0.1, 0.15) is 18.2 Å². The fourth-order valence-corrected chi connectivity index (χ4v) is 4.84. The van der Waals surface area contributed by atoms with E-state index in [4.69, 9.17) is 4.74 Å². The Morgan fingerprint density at radius 2 is 2.17 bits per heavy atom. The highest BCUT2D eigenvalue weighted by molar-refractivity contribution is 7.20. The molecule has 0 fully saturated rings. The topological polar surface area (TPSA) is 61.1 Å². The van der Waals surface area contributed by atoms with E-state index in [0.717, 1.165) is 33.5 Å². The molecule has 30 heavy (non-hydrogen) atoms. The van der Waals surface area contributed by atoms with Crippen molar-refractivity contribution in [2.45, 2.75) is 39.4 Å². The van der Waals surface area contributed by atoms with E-state index in [9.17, 15) is 4.79 Å². The van der Waals surface area contributed by atoms with Crippen molar-refractivity contribution in [2.24, 2.45) is 0 Å². The highest BCUT2D eigenvalue weighted by Gasteiger charge is 2.17. The summed E-state index contributed by atoms with van der Waals surface area (Å²) in [4.78, 5) is 14.5. The number of thiophene rings is 1. The van der Waals surface area contributed by atoms with Crippen molar-refractivity contribution in [1.29, 1.82) is 0 Å². The van der Waals surface area contributed by atoms with Gasteiger partial charge >= 0.3 is 0 Å². The minimum Gasteiger partial charge on any atom is -0.495 e. The van der Waals surface area contributed by atoms with Gasteiger partial charge in [-0.25, -0.2) is 4.68 Å². The number of fused-ring (bicyclic) bond motifs is 3. The maximum absolute atomic E-state index is 13.3. The summed E-state index contributed by atoms with van der Waals surface area (Å²) in [5.74, 6) is 0.804. The molecule has 7 heteroatoms. The molecular formula is C23H26N4O2S. The van der Waals surface area contributed by atoms with Crippen LogP contribution in [0.4, 0.5) is 5.69 Å². The van der Waals surface area contributed by atoms with Crippen molar-refractivity contribution in [2.75, 3.05) is 12.4 Å². The quantitative estimate of drug-likeness (QED) is 0.414. The zero-order valence-electron chi connectivity index (χ0n) is 17.5. The molecule has 1 N–H and O–H groups in total. The number of ether oxygens (including phenoxy) is 1. The van der Waals surface area contributed by atoms with Crippen molar-refractivity contribution in [3.05, 3.63) is 64.4 Å². The van der Waals surface area contributed by atoms with Crippen molar-refractivity contribution in [3.8, 4) is 5.75 Å². The highest BCUT2D eigenvalue weighted by Crippen LogP contribution is 2.33. The zero-order chi connectivity index (χ0) is 21.3. The number of anilines is 1. The predicted molar refractivity (Wildman–Crippen MR) is 125 cm³/mol. The summed E-state index contributed by atoms with van der Waals surface area (Å²) >= 11 is 1.70. The molecule has 4 rings (SSSR count). The second-order valence-corrected chi connectivity index (χ2v) is 8.70. The Morgan fingerprint density at radius 3 is 2.93 bits per heavy atom. The third kappa shape index (κ3) is 3.61. The number of hydrogen-bond donors (Lipinski definition) is 1. The van der Waals surface area contributed by atoms with Gasteiger partial charge in [0.2, 0.25) is 0 Å². The van der Waals surface area contributed by atoms with E-state index in [1.807, 2.05) is 36.5 Å². The van der Waals surface area contributed by atoms with Crippen LogP contribution in [0.15, 0.2) is 54.0 Å². The third-order valence-electron chi connectivity index (χ3n) is 5.25. The van der Waals surface area contributed by atoms with Gasteiger partial charge in [-0.05, 0) is 38.5 Å². The standard InChI is InChI=1S/C23H26N4O2S/c1-5-11-26-19-13-16(3)30-22(19)17-14-24-27(23(28)21(17)26)12-10-15(2)25-18-8-6-7-9-20(18)29-4/h5-9,13-15,25H,1,10-12H2,2-4H3/t15-/m0/s1. The van der Waals surface area contributed by atoms with Gasteiger partial charge in [0.15, 0.2) is 0 Å². The third-order valence-corrected chi connectivity index (χ3v) is 6.33. The van der Waals surface area contributed by atoms with E-state index >= 15 is 0 Å². The van der Waals surface area contributed by atoms with Crippen LogP contribution in [0, 0.1) is 6.92 Å².